The Hall–Kier alpha value is -3.38. The number of ether oxygens (including phenoxy) is 1. The van der Waals surface area contributed by atoms with E-state index >= 15 is 0 Å². The fourth-order valence-electron chi connectivity index (χ4n) is 4.07. The summed E-state index contributed by atoms with van der Waals surface area (Å²) in [4.78, 5) is 11.9. The highest BCUT2D eigenvalue weighted by Gasteiger charge is 2.27. The van der Waals surface area contributed by atoms with E-state index in [2.05, 4.69) is 35.1 Å². The molecule has 3 aromatic carbocycles. The zero-order valence-corrected chi connectivity index (χ0v) is 16.9. The van der Waals surface area contributed by atoms with Crippen LogP contribution in [0.3, 0.4) is 0 Å². The minimum absolute atomic E-state index is 0.0114. The average molecular weight is 417 g/mol. The molecule has 0 spiro atoms. The van der Waals surface area contributed by atoms with Gasteiger partial charge in [0.25, 0.3) is 5.91 Å². The van der Waals surface area contributed by atoms with Gasteiger partial charge >= 0.3 is 0 Å². The van der Waals surface area contributed by atoms with Crippen molar-refractivity contribution in [2.24, 2.45) is 0 Å². The predicted molar refractivity (Wildman–Crippen MR) is 119 cm³/mol. The molecule has 1 unspecified atom stereocenters. The number of fused-ring (bicyclic) bond motifs is 1. The fraction of sp³-hybridized carbons (Fsp3) is 0.125. The molecule has 5 nitrogen and oxygen atoms in total. The van der Waals surface area contributed by atoms with Crippen LogP contribution in [0.2, 0.25) is 0 Å². The second kappa shape index (κ2) is 7.46. The SMILES string of the molecule is Nc1ccc(-c2cccc3c2CC[C@H]3Oc2ccc(C3=CC(=O)NS3=O)cc2)cc1. The molecule has 1 heterocycles. The molecule has 30 heavy (non-hydrogen) atoms. The Morgan fingerprint density at radius 1 is 0.967 bits per heavy atom. The van der Waals surface area contributed by atoms with Crippen LogP contribution in [-0.4, -0.2) is 10.1 Å². The van der Waals surface area contributed by atoms with Crippen LogP contribution in [0.5, 0.6) is 5.75 Å². The van der Waals surface area contributed by atoms with E-state index in [1.807, 2.05) is 36.4 Å². The number of anilines is 1. The first-order chi connectivity index (χ1) is 14.6. The maximum atomic E-state index is 11.9. The summed E-state index contributed by atoms with van der Waals surface area (Å²) in [6.45, 7) is 0. The minimum atomic E-state index is -1.49. The summed E-state index contributed by atoms with van der Waals surface area (Å²) in [6.07, 6.45) is 3.23. The second-order valence-electron chi connectivity index (χ2n) is 7.41. The molecule has 5 rings (SSSR count). The molecule has 3 aromatic rings. The molecule has 0 saturated carbocycles. The maximum absolute atomic E-state index is 11.9. The van der Waals surface area contributed by atoms with Crippen LogP contribution in [0.4, 0.5) is 5.69 Å². The van der Waals surface area contributed by atoms with Crippen molar-refractivity contribution in [3.05, 3.63) is 89.5 Å². The van der Waals surface area contributed by atoms with Crippen molar-refractivity contribution in [2.45, 2.75) is 18.9 Å². The first-order valence-electron chi connectivity index (χ1n) is 9.77. The first-order valence-corrected chi connectivity index (χ1v) is 10.9. The molecule has 2 aliphatic rings. The summed E-state index contributed by atoms with van der Waals surface area (Å²) in [5, 5.41) is 0. The van der Waals surface area contributed by atoms with E-state index in [0.717, 1.165) is 35.4 Å². The Morgan fingerprint density at radius 2 is 1.70 bits per heavy atom. The van der Waals surface area contributed by atoms with E-state index in [0.29, 0.717) is 4.91 Å². The van der Waals surface area contributed by atoms with Gasteiger partial charge in [0.1, 0.15) is 11.9 Å². The second-order valence-corrected chi connectivity index (χ2v) is 8.59. The first kappa shape index (κ1) is 18.6. The standard InChI is InChI=1S/C24H20N2O3S/c25-17-8-4-15(5-9-17)19-2-1-3-21-20(19)12-13-22(21)29-18-10-6-16(7-11-18)23-14-24(27)26-30(23)28/h1-11,14,22H,12-13,25H2,(H,26,27)/t22-,30?/m1/s1. The Bertz CT molecular complexity index is 1180. The number of nitrogen functional groups attached to an aromatic ring is 1. The molecular formula is C24H20N2O3S. The third kappa shape index (κ3) is 3.39. The maximum Gasteiger partial charge on any atom is 0.257 e. The Labute approximate surface area is 177 Å². The van der Waals surface area contributed by atoms with Crippen molar-refractivity contribution in [1.82, 2.24) is 4.72 Å². The van der Waals surface area contributed by atoms with Gasteiger partial charge in [-0.15, -0.1) is 0 Å². The quantitative estimate of drug-likeness (QED) is 0.627. The molecule has 0 fully saturated rings. The highest BCUT2D eigenvalue weighted by atomic mass is 32.2. The number of benzene rings is 3. The van der Waals surface area contributed by atoms with E-state index in [1.165, 1.54) is 22.8 Å². The van der Waals surface area contributed by atoms with Crippen LogP contribution in [0.1, 0.15) is 29.2 Å². The largest absolute Gasteiger partial charge is 0.486 e. The fourth-order valence-corrected chi connectivity index (χ4v) is 4.99. The van der Waals surface area contributed by atoms with E-state index in [4.69, 9.17) is 10.5 Å². The number of amides is 1. The normalized spacial score (nSPS) is 19.9. The molecule has 0 saturated heterocycles. The molecule has 3 N–H and O–H groups in total. The van der Waals surface area contributed by atoms with Crippen molar-refractivity contribution in [1.29, 1.82) is 0 Å². The number of nitrogens with one attached hydrogen (secondary N) is 1. The molecule has 1 amide bonds. The van der Waals surface area contributed by atoms with E-state index in [1.54, 1.807) is 0 Å². The number of carbonyl (C=O) groups excluding carboxylic acids is 1. The molecule has 1 aliphatic heterocycles. The lowest BCUT2D eigenvalue weighted by molar-refractivity contribution is -0.114. The van der Waals surface area contributed by atoms with Crippen molar-refractivity contribution in [3.63, 3.8) is 0 Å². The van der Waals surface area contributed by atoms with Gasteiger partial charge in [0.2, 0.25) is 0 Å². The van der Waals surface area contributed by atoms with E-state index in [9.17, 15) is 9.00 Å². The Morgan fingerprint density at radius 3 is 2.40 bits per heavy atom. The Kier molecular flexibility index (Phi) is 4.64. The van der Waals surface area contributed by atoms with Crippen LogP contribution in [0, 0.1) is 0 Å². The predicted octanol–water partition coefficient (Wildman–Crippen LogP) is 4.14. The number of rotatable bonds is 4. The third-order valence-electron chi connectivity index (χ3n) is 5.51. The van der Waals surface area contributed by atoms with Gasteiger partial charge in [-0.2, -0.15) is 0 Å². The number of carbonyl (C=O) groups is 1. The molecule has 0 bridgehead atoms. The number of nitrogens with two attached hydrogens (primary N) is 1. The van der Waals surface area contributed by atoms with Gasteiger partial charge in [-0.3, -0.25) is 9.52 Å². The van der Waals surface area contributed by atoms with E-state index in [-0.39, 0.29) is 12.0 Å². The summed E-state index contributed by atoms with van der Waals surface area (Å²) >= 11 is 0. The van der Waals surface area contributed by atoms with Crippen molar-refractivity contribution >= 4 is 27.5 Å². The lowest BCUT2D eigenvalue weighted by Crippen LogP contribution is -2.16. The van der Waals surface area contributed by atoms with E-state index < -0.39 is 11.0 Å². The van der Waals surface area contributed by atoms with Crippen molar-refractivity contribution < 1.29 is 13.7 Å². The van der Waals surface area contributed by atoms with Crippen LogP contribution < -0.4 is 15.2 Å². The average Bonchev–Trinajstić information content (AvgIpc) is 3.31. The Balaban J connectivity index is 1.38. The van der Waals surface area contributed by atoms with Gasteiger partial charge in [0, 0.05) is 11.8 Å². The van der Waals surface area contributed by atoms with Gasteiger partial charge in [0.15, 0.2) is 11.0 Å². The topological polar surface area (TPSA) is 81.4 Å². The van der Waals surface area contributed by atoms with Gasteiger partial charge in [-0.1, -0.05) is 42.5 Å². The summed E-state index contributed by atoms with van der Waals surface area (Å²) < 4.78 is 20.6. The van der Waals surface area contributed by atoms with Crippen LogP contribution in [-0.2, 0) is 22.2 Å². The highest BCUT2D eigenvalue weighted by molar-refractivity contribution is 7.93. The smallest absolute Gasteiger partial charge is 0.257 e. The molecular weight excluding hydrogens is 396 g/mol. The monoisotopic (exact) mass is 416 g/mol. The van der Waals surface area contributed by atoms with Crippen LogP contribution >= 0.6 is 0 Å². The molecule has 0 aromatic heterocycles. The van der Waals surface area contributed by atoms with Crippen LogP contribution in [0.15, 0.2) is 72.8 Å². The molecule has 2 atom stereocenters. The lowest BCUT2D eigenvalue weighted by Gasteiger charge is -2.16. The summed E-state index contributed by atoms with van der Waals surface area (Å²) in [6, 6.07) is 21.7. The molecule has 6 heteroatoms. The zero-order valence-electron chi connectivity index (χ0n) is 16.1. The highest BCUT2D eigenvalue weighted by Crippen LogP contribution is 2.40. The van der Waals surface area contributed by atoms with Crippen molar-refractivity contribution in [2.75, 3.05) is 5.73 Å². The summed E-state index contributed by atoms with van der Waals surface area (Å²) in [7, 11) is -1.49. The van der Waals surface area contributed by atoms with Gasteiger partial charge in [-0.25, -0.2) is 4.21 Å². The molecule has 150 valence electrons. The van der Waals surface area contributed by atoms with Gasteiger partial charge in [-0.05, 0) is 64.9 Å². The van der Waals surface area contributed by atoms with Crippen molar-refractivity contribution in [3.8, 4) is 16.9 Å². The molecule has 1 aliphatic carbocycles. The number of hydrogen-bond acceptors (Lipinski definition) is 4. The van der Waals surface area contributed by atoms with Crippen LogP contribution in [0.25, 0.3) is 16.0 Å². The minimum Gasteiger partial charge on any atom is -0.486 e. The molecule has 0 radical (unpaired) electrons. The zero-order chi connectivity index (χ0) is 20.7. The lowest BCUT2D eigenvalue weighted by atomic mass is 9.96. The summed E-state index contributed by atoms with van der Waals surface area (Å²) in [5.41, 5.74) is 12.2. The number of hydrogen-bond donors (Lipinski definition) is 2. The third-order valence-corrected chi connectivity index (χ3v) is 6.65. The van der Waals surface area contributed by atoms with Gasteiger partial charge < -0.3 is 10.5 Å². The summed E-state index contributed by atoms with van der Waals surface area (Å²) in [5.74, 6) is 0.418. The van der Waals surface area contributed by atoms with Gasteiger partial charge in [0.05, 0.1) is 4.91 Å².